The lowest BCUT2D eigenvalue weighted by atomic mass is 9.79. The average molecular weight is 248 g/mol. The van der Waals surface area contributed by atoms with Crippen LogP contribution in [0.2, 0.25) is 0 Å². The van der Waals surface area contributed by atoms with Gasteiger partial charge < -0.3 is 15.7 Å². The Morgan fingerprint density at radius 3 is 2.61 bits per heavy atom. The minimum atomic E-state index is -0.491. The van der Waals surface area contributed by atoms with Crippen LogP contribution in [0.4, 0.5) is 11.4 Å². The first-order valence-corrected chi connectivity index (χ1v) is 6.61. The van der Waals surface area contributed by atoms with Gasteiger partial charge in [0.25, 0.3) is 0 Å². The van der Waals surface area contributed by atoms with Gasteiger partial charge in [-0.25, -0.2) is 0 Å². The number of anilines is 2. The number of nitrogen functional groups attached to an aromatic ring is 1. The summed E-state index contributed by atoms with van der Waals surface area (Å²) < 4.78 is 0. The normalized spacial score (nSPS) is 23.7. The molecule has 3 N–H and O–H groups in total. The molecule has 1 aliphatic heterocycles. The zero-order valence-corrected chi connectivity index (χ0v) is 12.0. The van der Waals surface area contributed by atoms with Crippen LogP contribution in [0.25, 0.3) is 0 Å². The molecule has 1 heterocycles. The number of fused-ring (bicyclic) bond motifs is 1. The second kappa shape index (κ2) is 4.16. The van der Waals surface area contributed by atoms with Crippen LogP contribution in [0, 0.1) is 6.92 Å². The van der Waals surface area contributed by atoms with Crippen LogP contribution in [-0.4, -0.2) is 16.9 Å². The lowest BCUT2D eigenvalue weighted by Crippen LogP contribution is -2.52. The van der Waals surface area contributed by atoms with Gasteiger partial charge in [-0.05, 0) is 63.3 Å². The first kappa shape index (κ1) is 13.2. The Morgan fingerprint density at radius 1 is 1.44 bits per heavy atom. The smallest absolute Gasteiger partial charge is 0.124 e. The Bertz CT molecular complexity index is 466. The van der Waals surface area contributed by atoms with Gasteiger partial charge in [-0.1, -0.05) is 6.92 Å². The minimum absolute atomic E-state index is 0.0386. The molecule has 1 aromatic rings. The van der Waals surface area contributed by atoms with Gasteiger partial charge in [-0.15, -0.1) is 0 Å². The maximum Gasteiger partial charge on any atom is 0.124 e. The molecule has 0 aliphatic carbocycles. The van der Waals surface area contributed by atoms with Crippen molar-refractivity contribution in [3.63, 3.8) is 0 Å². The van der Waals surface area contributed by atoms with Crippen LogP contribution in [-0.2, 0) is 0 Å². The van der Waals surface area contributed by atoms with E-state index >= 15 is 0 Å². The molecule has 0 amide bonds. The average Bonchev–Trinajstić information content (AvgIpc) is 2.19. The second-order valence-corrected chi connectivity index (χ2v) is 6.19. The van der Waals surface area contributed by atoms with Gasteiger partial charge in [-0.3, -0.25) is 0 Å². The van der Waals surface area contributed by atoms with Crippen molar-refractivity contribution in [2.75, 3.05) is 10.6 Å². The topological polar surface area (TPSA) is 49.5 Å². The van der Waals surface area contributed by atoms with Crippen molar-refractivity contribution in [2.24, 2.45) is 0 Å². The Hall–Kier alpha value is -1.22. The van der Waals surface area contributed by atoms with E-state index in [2.05, 4.69) is 37.8 Å². The SMILES string of the molecule is Cc1cc2c(cc1N)C(C)CC(C)(C)N2C(C)O. The zero-order chi connectivity index (χ0) is 13.7. The quantitative estimate of drug-likeness (QED) is 0.751. The molecule has 1 aliphatic rings. The number of benzene rings is 1. The zero-order valence-electron chi connectivity index (χ0n) is 12.0. The lowest BCUT2D eigenvalue weighted by Gasteiger charge is -2.49. The van der Waals surface area contributed by atoms with Gasteiger partial charge in [0.05, 0.1) is 0 Å². The summed E-state index contributed by atoms with van der Waals surface area (Å²) in [5.41, 5.74) is 10.3. The molecule has 0 bridgehead atoms. The third-order valence-corrected chi connectivity index (χ3v) is 4.04. The Kier molecular flexibility index (Phi) is 3.06. The van der Waals surface area contributed by atoms with Gasteiger partial charge in [0.2, 0.25) is 0 Å². The maximum atomic E-state index is 10.1. The molecule has 2 rings (SSSR count). The monoisotopic (exact) mass is 248 g/mol. The summed E-state index contributed by atoms with van der Waals surface area (Å²) >= 11 is 0. The predicted molar refractivity (Wildman–Crippen MR) is 76.9 cm³/mol. The molecule has 3 nitrogen and oxygen atoms in total. The van der Waals surface area contributed by atoms with Gasteiger partial charge in [0.15, 0.2) is 0 Å². The van der Waals surface area contributed by atoms with Crippen LogP contribution >= 0.6 is 0 Å². The largest absolute Gasteiger partial charge is 0.399 e. The van der Waals surface area contributed by atoms with E-state index in [0.717, 1.165) is 23.4 Å². The second-order valence-electron chi connectivity index (χ2n) is 6.19. The number of aliphatic hydroxyl groups excluding tert-OH is 1. The fourth-order valence-electron chi connectivity index (χ4n) is 3.32. The van der Waals surface area contributed by atoms with E-state index in [-0.39, 0.29) is 5.54 Å². The van der Waals surface area contributed by atoms with Crippen LogP contribution in [0.1, 0.15) is 51.2 Å². The summed E-state index contributed by atoms with van der Waals surface area (Å²) in [6.45, 7) is 10.4. The molecule has 0 spiro atoms. The molecule has 3 heteroatoms. The minimum Gasteiger partial charge on any atom is -0.399 e. The van der Waals surface area contributed by atoms with E-state index < -0.39 is 6.23 Å². The van der Waals surface area contributed by atoms with Crippen molar-refractivity contribution in [1.82, 2.24) is 0 Å². The molecule has 0 saturated heterocycles. The van der Waals surface area contributed by atoms with E-state index in [1.54, 1.807) is 0 Å². The summed E-state index contributed by atoms with van der Waals surface area (Å²) in [7, 11) is 0. The standard InChI is InChI=1S/C15H24N2O/c1-9-6-14-12(7-13(9)16)10(2)8-15(4,5)17(14)11(3)18/h6-7,10-11,18H,8,16H2,1-5H3. The number of hydrogen-bond donors (Lipinski definition) is 2. The predicted octanol–water partition coefficient (Wildman–Crippen LogP) is 3.01. The molecule has 0 fully saturated rings. The number of rotatable bonds is 1. The van der Waals surface area contributed by atoms with E-state index in [1.165, 1.54) is 5.56 Å². The molecule has 100 valence electrons. The number of aliphatic hydroxyl groups is 1. The first-order chi connectivity index (χ1) is 8.24. The summed E-state index contributed by atoms with van der Waals surface area (Å²) in [4.78, 5) is 2.11. The van der Waals surface area contributed by atoms with Crippen molar-refractivity contribution in [2.45, 2.75) is 58.7 Å². The molecule has 2 unspecified atom stereocenters. The molecule has 2 atom stereocenters. The fourth-order valence-corrected chi connectivity index (χ4v) is 3.32. The fraction of sp³-hybridized carbons (Fsp3) is 0.600. The molecule has 18 heavy (non-hydrogen) atoms. The number of nitrogens with two attached hydrogens (primary N) is 1. The van der Waals surface area contributed by atoms with Crippen LogP contribution in [0.3, 0.4) is 0 Å². The van der Waals surface area contributed by atoms with Crippen LogP contribution in [0.15, 0.2) is 12.1 Å². The Balaban J connectivity index is 2.63. The van der Waals surface area contributed by atoms with E-state index in [9.17, 15) is 5.11 Å². The van der Waals surface area contributed by atoms with E-state index in [1.807, 2.05) is 13.8 Å². The Labute approximate surface area is 110 Å². The summed E-state index contributed by atoms with van der Waals surface area (Å²) in [5.74, 6) is 0.466. The van der Waals surface area contributed by atoms with Gasteiger partial charge in [0.1, 0.15) is 6.23 Å². The first-order valence-electron chi connectivity index (χ1n) is 6.61. The molecular weight excluding hydrogens is 224 g/mol. The highest BCUT2D eigenvalue weighted by atomic mass is 16.3. The third kappa shape index (κ3) is 1.97. The van der Waals surface area contributed by atoms with Gasteiger partial charge in [0, 0.05) is 16.9 Å². The number of aryl methyl sites for hydroxylation is 1. The van der Waals surface area contributed by atoms with E-state index in [0.29, 0.717) is 5.92 Å². The molecule has 1 aromatic carbocycles. The van der Waals surface area contributed by atoms with Crippen LogP contribution in [0.5, 0.6) is 0 Å². The van der Waals surface area contributed by atoms with Crippen molar-refractivity contribution in [3.05, 3.63) is 23.3 Å². The van der Waals surface area contributed by atoms with Crippen molar-refractivity contribution in [3.8, 4) is 0 Å². The maximum absolute atomic E-state index is 10.1. The number of hydrogen-bond acceptors (Lipinski definition) is 3. The molecule has 0 saturated carbocycles. The van der Waals surface area contributed by atoms with Crippen molar-refractivity contribution >= 4 is 11.4 Å². The highest BCUT2D eigenvalue weighted by Gasteiger charge is 2.38. The van der Waals surface area contributed by atoms with E-state index in [4.69, 9.17) is 5.73 Å². The summed E-state index contributed by atoms with van der Waals surface area (Å²) in [5, 5.41) is 10.1. The third-order valence-electron chi connectivity index (χ3n) is 4.04. The lowest BCUT2D eigenvalue weighted by molar-refractivity contribution is 0.149. The summed E-state index contributed by atoms with van der Waals surface area (Å²) in [6, 6.07) is 4.18. The summed E-state index contributed by atoms with van der Waals surface area (Å²) in [6.07, 6.45) is 0.530. The van der Waals surface area contributed by atoms with Crippen molar-refractivity contribution in [1.29, 1.82) is 0 Å². The molecule has 0 radical (unpaired) electrons. The highest BCUT2D eigenvalue weighted by Crippen LogP contribution is 2.45. The Morgan fingerprint density at radius 2 is 2.06 bits per heavy atom. The van der Waals surface area contributed by atoms with Crippen molar-refractivity contribution < 1.29 is 5.11 Å². The van der Waals surface area contributed by atoms with Gasteiger partial charge >= 0.3 is 0 Å². The molecule has 0 aromatic heterocycles. The number of nitrogens with zero attached hydrogens (tertiary/aromatic N) is 1. The highest BCUT2D eigenvalue weighted by molar-refractivity contribution is 5.67. The molecular formula is C15H24N2O. The van der Waals surface area contributed by atoms with Crippen LogP contribution < -0.4 is 10.6 Å². The van der Waals surface area contributed by atoms with Gasteiger partial charge in [-0.2, -0.15) is 0 Å².